The van der Waals surface area contributed by atoms with Crippen molar-refractivity contribution in [1.29, 1.82) is 0 Å². The molecule has 1 aromatic rings. The van der Waals surface area contributed by atoms with Crippen molar-refractivity contribution in [2.45, 2.75) is 40.2 Å². The van der Waals surface area contributed by atoms with Crippen LogP contribution >= 0.6 is 0 Å². The molecule has 102 valence electrons. The molecule has 0 aliphatic rings. The normalized spacial score (nSPS) is 12.9. The smallest absolute Gasteiger partial charge is 0.0716 e. The molecule has 1 aromatic carbocycles. The highest BCUT2D eigenvalue weighted by atomic mass is 16.5. The van der Waals surface area contributed by atoms with Crippen LogP contribution in [0.3, 0.4) is 0 Å². The molecule has 0 spiro atoms. The zero-order valence-corrected chi connectivity index (χ0v) is 12.2. The average Bonchev–Trinajstić information content (AvgIpc) is 2.36. The predicted octanol–water partition coefficient (Wildman–Crippen LogP) is 3.57. The fraction of sp³-hybridized carbons (Fsp3) is 0.625. The molecule has 0 aliphatic heterocycles. The second kappa shape index (κ2) is 8.28. The first-order valence-corrected chi connectivity index (χ1v) is 7.00. The topological polar surface area (TPSA) is 21.3 Å². The highest BCUT2D eigenvalue weighted by molar-refractivity contribution is 5.24. The van der Waals surface area contributed by atoms with Crippen LogP contribution < -0.4 is 5.32 Å². The van der Waals surface area contributed by atoms with E-state index >= 15 is 0 Å². The monoisotopic (exact) mass is 249 g/mol. The van der Waals surface area contributed by atoms with Crippen LogP contribution in [0.1, 0.15) is 44.7 Å². The van der Waals surface area contributed by atoms with Crippen LogP contribution in [0.4, 0.5) is 0 Å². The summed E-state index contributed by atoms with van der Waals surface area (Å²) in [5, 5.41) is 3.51. The number of rotatable bonds is 8. The van der Waals surface area contributed by atoms with Crippen molar-refractivity contribution in [3.05, 3.63) is 35.4 Å². The molecular weight excluding hydrogens is 222 g/mol. The minimum Gasteiger partial charge on any atom is -0.377 e. The van der Waals surface area contributed by atoms with Gasteiger partial charge >= 0.3 is 0 Å². The number of hydrogen-bond donors (Lipinski definition) is 1. The van der Waals surface area contributed by atoms with E-state index in [9.17, 15) is 0 Å². The zero-order valence-electron chi connectivity index (χ0n) is 12.2. The van der Waals surface area contributed by atoms with Crippen LogP contribution in [0.2, 0.25) is 0 Å². The molecule has 0 fully saturated rings. The summed E-state index contributed by atoms with van der Waals surface area (Å²) in [5.74, 6) is 1.27. The van der Waals surface area contributed by atoms with Crippen LogP contribution in [0.25, 0.3) is 0 Å². The Morgan fingerprint density at radius 1 is 1.06 bits per heavy atom. The van der Waals surface area contributed by atoms with Crippen LogP contribution in [-0.4, -0.2) is 19.7 Å². The Bertz CT molecular complexity index is 318. The summed E-state index contributed by atoms with van der Waals surface area (Å²) >= 11 is 0. The Balaban J connectivity index is 2.40. The van der Waals surface area contributed by atoms with E-state index in [2.05, 4.69) is 50.4 Å². The zero-order chi connectivity index (χ0) is 13.4. The Morgan fingerprint density at radius 3 is 2.28 bits per heavy atom. The van der Waals surface area contributed by atoms with Crippen LogP contribution in [0, 0.1) is 5.92 Å². The molecule has 0 saturated carbocycles. The third-order valence-corrected chi connectivity index (χ3v) is 3.02. The fourth-order valence-corrected chi connectivity index (χ4v) is 1.87. The lowest BCUT2D eigenvalue weighted by molar-refractivity contribution is 0.134. The van der Waals surface area contributed by atoms with Crippen LogP contribution in [-0.2, 0) is 11.3 Å². The molecule has 0 radical (unpaired) electrons. The molecule has 1 atom stereocenters. The Kier molecular flexibility index (Phi) is 6.99. The van der Waals surface area contributed by atoms with Crippen molar-refractivity contribution in [2.75, 3.05) is 19.7 Å². The molecule has 0 heterocycles. The first kappa shape index (κ1) is 15.2. The molecule has 2 heteroatoms. The molecular formula is C16H27NO. The maximum atomic E-state index is 5.40. The van der Waals surface area contributed by atoms with Gasteiger partial charge in [0.1, 0.15) is 0 Å². The molecule has 0 saturated heterocycles. The SMILES string of the molecule is CCOCc1ccc(C(C)CNCC(C)C)cc1. The molecule has 2 nitrogen and oxygen atoms in total. The van der Waals surface area contributed by atoms with Gasteiger partial charge < -0.3 is 10.1 Å². The molecule has 18 heavy (non-hydrogen) atoms. The molecule has 0 aromatic heterocycles. The molecule has 1 unspecified atom stereocenters. The lowest BCUT2D eigenvalue weighted by Gasteiger charge is -2.15. The van der Waals surface area contributed by atoms with Gasteiger partial charge in [-0.2, -0.15) is 0 Å². The summed E-state index contributed by atoms with van der Waals surface area (Å²) in [6.07, 6.45) is 0. The summed E-state index contributed by atoms with van der Waals surface area (Å²) in [6.45, 7) is 12.4. The molecule has 0 aliphatic carbocycles. The predicted molar refractivity (Wildman–Crippen MR) is 77.9 cm³/mol. The first-order valence-electron chi connectivity index (χ1n) is 7.00. The maximum absolute atomic E-state index is 5.40. The van der Waals surface area contributed by atoms with E-state index in [-0.39, 0.29) is 0 Å². The highest BCUT2D eigenvalue weighted by Crippen LogP contribution is 2.15. The minimum atomic E-state index is 0.560. The van der Waals surface area contributed by atoms with Gasteiger partial charge in [-0.3, -0.25) is 0 Å². The molecule has 1 rings (SSSR count). The molecule has 0 bridgehead atoms. The van der Waals surface area contributed by atoms with Gasteiger partial charge in [0.15, 0.2) is 0 Å². The van der Waals surface area contributed by atoms with Crippen molar-refractivity contribution in [3.8, 4) is 0 Å². The summed E-state index contributed by atoms with van der Waals surface area (Å²) in [6, 6.07) is 8.78. The maximum Gasteiger partial charge on any atom is 0.0716 e. The summed E-state index contributed by atoms with van der Waals surface area (Å²) in [7, 11) is 0. The van der Waals surface area contributed by atoms with E-state index in [0.717, 1.165) is 26.3 Å². The summed E-state index contributed by atoms with van der Waals surface area (Å²) < 4.78 is 5.40. The number of benzene rings is 1. The van der Waals surface area contributed by atoms with E-state index < -0.39 is 0 Å². The van der Waals surface area contributed by atoms with Crippen LogP contribution in [0.15, 0.2) is 24.3 Å². The quantitative estimate of drug-likeness (QED) is 0.760. The molecule has 1 N–H and O–H groups in total. The van der Waals surface area contributed by atoms with Crippen molar-refractivity contribution < 1.29 is 4.74 Å². The largest absolute Gasteiger partial charge is 0.377 e. The van der Waals surface area contributed by atoms with E-state index in [1.165, 1.54) is 11.1 Å². The van der Waals surface area contributed by atoms with Gasteiger partial charge in [-0.1, -0.05) is 45.0 Å². The van der Waals surface area contributed by atoms with Crippen LogP contribution in [0.5, 0.6) is 0 Å². The van der Waals surface area contributed by atoms with E-state index in [4.69, 9.17) is 4.74 Å². The Labute approximate surface area is 112 Å². The standard InChI is InChI=1S/C16H27NO/c1-5-18-12-15-6-8-16(9-7-15)14(4)11-17-10-13(2)3/h6-9,13-14,17H,5,10-12H2,1-4H3. The second-order valence-electron chi connectivity index (χ2n) is 5.33. The number of ether oxygens (including phenoxy) is 1. The number of hydrogen-bond acceptors (Lipinski definition) is 2. The van der Waals surface area contributed by atoms with E-state index in [0.29, 0.717) is 11.8 Å². The summed E-state index contributed by atoms with van der Waals surface area (Å²) in [4.78, 5) is 0. The van der Waals surface area contributed by atoms with Crippen molar-refractivity contribution in [1.82, 2.24) is 5.32 Å². The van der Waals surface area contributed by atoms with Crippen molar-refractivity contribution in [3.63, 3.8) is 0 Å². The van der Waals surface area contributed by atoms with Gasteiger partial charge in [-0.25, -0.2) is 0 Å². The first-order chi connectivity index (χ1) is 8.63. The van der Waals surface area contributed by atoms with Gasteiger partial charge in [0.2, 0.25) is 0 Å². The van der Waals surface area contributed by atoms with Gasteiger partial charge in [-0.05, 0) is 36.4 Å². The molecule has 0 amide bonds. The third kappa shape index (κ3) is 5.65. The third-order valence-electron chi connectivity index (χ3n) is 3.02. The second-order valence-corrected chi connectivity index (χ2v) is 5.33. The van der Waals surface area contributed by atoms with Crippen molar-refractivity contribution in [2.24, 2.45) is 5.92 Å². The van der Waals surface area contributed by atoms with E-state index in [1.54, 1.807) is 0 Å². The van der Waals surface area contributed by atoms with Gasteiger partial charge in [0, 0.05) is 13.2 Å². The van der Waals surface area contributed by atoms with Crippen molar-refractivity contribution >= 4 is 0 Å². The van der Waals surface area contributed by atoms with E-state index in [1.807, 2.05) is 6.92 Å². The lowest BCUT2D eigenvalue weighted by Crippen LogP contribution is -2.24. The van der Waals surface area contributed by atoms with Gasteiger partial charge in [0.25, 0.3) is 0 Å². The van der Waals surface area contributed by atoms with Gasteiger partial charge in [-0.15, -0.1) is 0 Å². The Hall–Kier alpha value is -0.860. The Morgan fingerprint density at radius 2 is 1.72 bits per heavy atom. The summed E-state index contributed by atoms with van der Waals surface area (Å²) in [5.41, 5.74) is 2.65. The number of nitrogens with one attached hydrogen (secondary N) is 1. The lowest BCUT2D eigenvalue weighted by atomic mass is 10.00. The van der Waals surface area contributed by atoms with Gasteiger partial charge in [0.05, 0.1) is 6.61 Å². The minimum absolute atomic E-state index is 0.560. The fourth-order valence-electron chi connectivity index (χ4n) is 1.87. The average molecular weight is 249 g/mol. The highest BCUT2D eigenvalue weighted by Gasteiger charge is 2.05.